The molecule has 0 aliphatic heterocycles. The van der Waals surface area contributed by atoms with E-state index in [1.54, 1.807) is 0 Å². The summed E-state index contributed by atoms with van der Waals surface area (Å²) in [6.07, 6.45) is 10.8. The largest absolute Gasteiger partial charge is 0.303 e. The fourth-order valence-electron chi connectivity index (χ4n) is 1.91. The second-order valence-electron chi connectivity index (χ2n) is 4.30. The monoisotopic (exact) mass is 213 g/mol. The van der Waals surface area contributed by atoms with Crippen molar-refractivity contribution < 1.29 is 4.79 Å². The molecule has 0 bridgehead atoms. The van der Waals surface area contributed by atoms with Crippen molar-refractivity contribution in [1.29, 1.82) is 0 Å². The highest BCUT2D eigenvalue weighted by atomic mass is 16.1. The minimum Gasteiger partial charge on any atom is -0.303 e. The zero-order valence-corrected chi connectivity index (χ0v) is 9.55. The number of rotatable bonds is 2. The van der Waals surface area contributed by atoms with Crippen molar-refractivity contribution in [3.8, 4) is 0 Å². The third kappa shape index (κ3) is 2.11. The first-order valence-corrected chi connectivity index (χ1v) is 5.48. The second-order valence-corrected chi connectivity index (χ2v) is 4.30. The van der Waals surface area contributed by atoms with Crippen molar-refractivity contribution in [2.24, 2.45) is 11.8 Å². The molecule has 2 nitrogen and oxygen atoms in total. The second kappa shape index (κ2) is 4.44. The normalized spacial score (nSPS) is 24.0. The highest BCUT2D eigenvalue weighted by molar-refractivity contribution is 5.77. The number of allylic oxidation sites excluding steroid dienone is 4. The summed E-state index contributed by atoms with van der Waals surface area (Å²) in [5, 5.41) is 0. The molecule has 2 unspecified atom stereocenters. The topological polar surface area (TPSA) is 30.0 Å². The van der Waals surface area contributed by atoms with E-state index < -0.39 is 0 Å². The van der Waals surface area contributed by atoms with Crippen LogP contribution in [-0.4, -0.2) is 11.3 Å². The molecular weight excluding hydrogens is 198 g/mol. The van der Waals surface area contributed by atoms with E-state index in [1.165, 1.54) is 0 Å². The molecule has 1 aliphatic carbocycles. The van der Waals surface area contributed by atoms with Crippen molar-refractivity contribution in [1.82, 2.24) is 4.98 Å². The number of hydrogen-bond donors (Lipinski definition) is 0. The molecule has 2 heteroatoms. The van der Waals surface area contributed by atoms with Gasteiger partial charge in [0.15, 0.2) is 0 Å². The number of aldehydes is 1. The summed E-state index contributed by atoms with van der Waals surface area (Å²) in [5.41, 5.74) is 3.42. The van der Waals surface area contributed by atoms with Gasteiger partial charge in [0.2, 0.25) is 0 Å². The van der Waals surface area contributed by atoms with Crippen LogP contribution in [0.4, 0.5) is 0 Å². The first kappa shape index (κ1) is 10.8. The molecule has 0 saturated carbocycles. The molecule has 0 N–H and O–H groups in total. The molecule has 1 aromatic heterocycles. The van der Waals surface area contributed by atoms with Crippen LogP contribution >= 0.6 is 0 Å². The van der Waals surface area contributed by atoms with Crippen LogP contribution in [0.15, 0.2) is 36.7 Å². The smallest absolute Gasteiger partial charge is 0.127 e. The molecule has 0 spiro atoms. The van der Waals surface area contributed by atoms with E-state index in [0.717, 1.165) is 23.0 Å². The van der Waals surface area contributed by atoms with Crippen molar-refractivity contribution in [3.63, 3.8) is 0 Å². The highest BCUT2D eigenvalue weighted by Crippen LogP contribution is 2.27. The molecule has 1 aromatic rings. The average Bonchev–Trinajstić information content (AvgIpc) is 2.29. The Morgan fingerprint density at radius 2 is 2.19 bits per heavy atom. The number of nitrogens with zero attached hydrogens (tertiary/aromatic N) is 1. The van der Waals surface area contributed by atoms with Gasteiger partial charge in [-0.3, -0.25) is 4.98 Å². The lowest BCUT2D eigenvalue weighted by molar-refractivity contribution is -0.110. The zero-order valence-electron chi connectivity index (χ0n) is 9.55. The molecule has 16 heavy (non-hydrogen) atoms. The van der Waals surface area contributed by atoms with Gasteiger partial charge in [0, 0.05) is 18.3 Å². The highest BCUT2D eigenvalue weighted by Gasteiger charge is 2.16. The molecule has 1 heterocycles. The van der Waals surface area contributed by atoms with E-state index in [0.29, 0.717) is 0 Å². The predicted molar refractivity (Wildman–Crippen MR) is 64.8 cm³/mol. The van der Waals surface area contributed by atoms with E-state index in [-0.39, 0.29) is 11.8 Å². The van der Waals surface area contributed by atoms with Crippen LogP contribution in [0.2, 0.25) is 0 Å². The van der Waals surface area contributed by atoms with E-state index >= 15 is 0 Å². The summed E-state index contributed by atoms with van der Waals surface area (Å²) in [7, 11) is 0. The molecule has 0 aromatic carbocycles. The Morgan fingerprint density at radius 1 is 1.38 bits per heavy atom. The quantitative estimate of drug-likeness (QED) is 0.707. The summed E-state index contributed by atoms with van der Waals surface area (Å²) in [4.78, 5) is 15.0. The van der Waals surface area contributed by atoms with Crippen molar-refractivity contribution in [3.05, 3.63) is 47.8 Å². The maximum Gasteiger partial charge on any atom is 0.127 e. The van der Waals surface area contributed by atoms with Gasteiger partial charge < -0.3 is 4.79 Å². The lowest BCUT2D eigenvalue weighted by Crippen LogP contribution is -2.11. The van der Waals surface area contributed by atoms with Gasteiger partial charge in [0.25, 0.3) is 0 Å². The fourth-order valence-corrected chi connectivity index (χ4v) is 1.91. The summed E-state index contributed by atoms with van der Waals surface area (Å²) in [5.74, 6) is 0.277. The predicted octanol–water partition coefficient (Wildman–Crippen LogP) is 2.79. The molecule has 1 aliphatic rings. The number of pyridine rings is 1. The van der Waals surface area contributed by atoms with Gasteiger partial charge in [-0.05, 0) is 35.6 Å². The summed E-state index contributed by atoms with van der Waals surface area (Å²) in [6.45, 7) is 4.09. The average molecular weight is 213 g/mol. The van der Waals surface area contributed by atoms with Gasteiger partial charge in [-0.1, -0.05) is 25.2 Å². The van der Waals surface area contributed by atoms with Crippen molar-refractivity contribution >= 4 is 11.9 Å². The van der Waals surface area contributed by atoms with Crippen LogP contribution in [0.5, 0.6) is 0 Å². The maximum absolute atomic E-state index is 10.8. The standard InChI is InChI=1S/C14H15NO/c1-10-5-14(8-15-7-10)12-3-4-13(9-16)11(2)6-12/h3-9,11,13H,1-2H3. The number of carbonyl (C=O) groups excluding carboxylic acids is 1. The summed E-state index contributed by atoms with van der Waals surface area (Å²) in [6, 6.07) is 2.11. The van der Waals surface area contributed by atoms with E-state index in [4.69, 9.17) is 0 Å². The summed E-state index contributed by atoms with van der Waals surface area (Å²) < 4.78 is 0. The number of aromatic nitrogens is 1. The Morgan fingerprint density at radius 3 is 2.81 bits per heavy atom. The van der Waals surface area contributed by atoms with Crippen LogP contribution in [0.3, 0.4) is 0 Å². The number of hydrogen-bond acceptors (Lipinski definition) is 2. The van der Waals surface area contributed by atoms with Crippen LogP contribution in [0.25, 0.3) is 5.57 Å². The molecule has 0 amide bonds. The molecule has 0 saturated heterocycles. The van der Waals surface area contributed by atoms with Gasteiger partial charge in [0.05, 0.1) is 0 Å². The molecule has 0 fully saturated rings. The van der Waals surface area contributed by atoms with Crippen LogP contribution in [0.1, 0.15) is 18.1 Å². The third-order valence-corrected chi connectivity index (χ3v) is 2.91. The molecule has 2 atom stereocenters. The third-order valence-electron chi connectivity index (χ3n) is 2.91. The van der Waals surface area contributed by atoms with Crippen molar-refractivity contribution in [2.75, 3.05) is 0 Å². The lowest BCUT2D eigenvalue weighted by atomic mass is 9.86. The zero-order chi connectivity index (χ0) is 11.5. The molecule has 0 radical (unpaired) electrons. The Balaban J connectivity index is 2.31. The van der Waals surface area contributed by atoms with Crippen LogP contribution in [-0.2, 0) is 4.79 Å². The number of aryl methyl sites for hydroxylation is 1. The van der Waals surface area contributed by atoms with E-state index in [2.05, 4.69) is 24.1 Å². The van der Waals surface area contributed by atoms with Gasteiger partial charge in [0.1, 0.15) is 6.29 Å². The molecule has 2 rings (SSSR count). The summed E-state index contributed by atoms with van der Waals surface area (Å²) >= 11 is 0. The Bertz CT molecular complexity index is 460. The lowest BCUT2D eigenvalue weighted by Gasteiger charge is -2.18. The maximum atomic E-state index is 10.8. The minimum atomic E-state index is 0.0153. The van der Waals surface area contributed by atoms with Crippen molar-refractivity contribution in [2.45, 2.75) is 13.8 Å². The Labute approximate surface area is 95.7 Å². The van der Waals surface area contributed by atoms with Crippen LogP contribution in [0, 0.1) is 18.8 Å². The first-order chi connectivity index (χ1) is 7.70. The van der Waals surface area contributed by atoms with Crippen LogP contribution < -0.4 is 0 Å². The van der Waals surface area contributed by atoms with Gasteiger partial charge >= 0.3 is 0 Å². The van der Waals surface area contributed by atoms with E-state index in [9.17, 15) is 4.79 Å². The van der Waals surface area contributed by atoms with E-state index in [1.807, 2.05) is 31.5 Å². The molecular formula is C14H15NO. The van der Waals surface area contributed by atoms with Gasteiger partial charge in [-0.15, -0.1) is 0 Å². The van der Waals surface area contributed by atoms with Gasteiger partial charge in [-0.25, -0.2) is 0 Å². The first-order valence-electron chi connectivity index (χ1n) is 5.48. The number of carbonyl (C=O) groups is 1. The Hall–Kier alpha value is -1.70. The molecule has 82 valence electrons. The SMILES string of the molecule is Cc1cncc(C2=CC(C)C(C=O)C=C2)c1. The Kier molecular flexibility index (Phi) is 3.00. The minimum absolute atomic E-state index is 0.0153. The fraction of sp³-hybridized carbons (Fsp3) is 0.286. The van der Waals surface area contributed by atoms with Gasteiger partial charge in [-0.2, -0.15) is 0 Å².